The Morgan fingerprint density at radius 3 is 2.67 bits per heavy atom. The van der Waals surface area contributed by atoms with Gasteiger partial charge in [-0.15, -0.1) is 0 Å². The highest BCUT2D eigenvalue weighted by Gasteiger charge is 2.07. The van der Waals surface area contributed by atoms with E-state index >= 15 is 0 Å². The van der Waals surface area contributed by atoms with Crippen LogP contribution in [0, 0.1) is 6.92 Å². The minimum Gasteiger partial charge on any atom is -0.383 e. The lowest BCUT2D eigenvalue weighted by Gasteiger charge is -2.03. The standard InChI is InChI=1S/C7H10N4O/c1-4-10-6(2-8)5(3-12)7(9)11-4/h3H,2,8H2,1H3,(H2,9,10,11). The Morgan fingerprint density at radius 2 is 2.17 bits per heavy atom. The normalized spacial score (nSPS) is 9.83. The number of hydrogen-bond donors (Lipinski definition) is 2. The van der Waals surface area contributed by atoms with Crippen molar-refractivity contribution in [3.05, 3.63) is 17.1 Å². The number of carbonyl (C=O) groups excluding carboxylic acids is 1. The molecular formula is C7H10N4O. The summed E-state index contributed by atoms with van der Waals surface area (Å²) in [5, 5.41) is 0. The maximum atomic E-state index is 10.5. The highest BCUT2D eigenvalue weighted by molar-refractivity contribution is 5.83. The van der Waals surface area contributed by atoms with E-state index in [1.54, 1.807) is 6.92 Å². The molecule has 64 valence electrons. The molecule has 1 aromatic heterocycles. The first-order chi connectivity index (χ1) is 5.69. The van der Waals surface area contributed by atoms with Crippen LogP contribution in [0.2, 0.25) is 0 Å². The van der Waals surface area contributed by atoms with Gasteiger partial charge in [0.2, 0.25) is 0 Å². The van der Waals surface area contributed by atoms with Crippen LogP contribution in [0.5, 0.6) is 0 Å². The van der Waals surface area contributed by atoms with E-state index in [0.29, 0.717) is 23.4 Å². The Labute approximate surface area is 69.8 Å². The second-order valence-corrected chi connectivity index (χ2v) is 2.34. The van der Waals surface area contributed by atoms with Crippen LogP contribution in [0.3, 0.4) is 0 Å². The molecule has 0 saturated carbocycles. The van der Waals surface area contributed by atoms with Crippen molar-refractivity contribution >= 4 is 12.1 Å². The van der Waals surface area contributed by atoms with Gasteiger partial charge >= 0.3 is 0 Å². The first kappa shape index (κ1) is 8.61. The average molecular weight is 166 g/mol. The second kappa shape index (κ2) is 3.27. The smallest absolute Gasteiger partial charge is 0.155 e. The maximum absolute atomic E-state index is 10.5. The van der Waals surface area contributed by atoms with Crippen molar-refractivity contribution in [3.8, 4) is 0 Å². The van der Waals surface area contributed by atoms with Crippen LogP contribution in [-0.4, -0.2) is 16.3 Å². The number of aldehydes is 1. The molecule has 1 rings (SSSR count). The molecule has 0 spiro atoms. The molecule has 4 N–H and O–H groups in total. The summed E-state index contributed by atoms with van der Waals surface area (Å²) in [5.41, 5.74) is 11.6. The van der Waals surface area contributed by atoms with Crippen LogP contribution in [0.1, 0.15) is 21.9 Å². The fraction of sp³-hybridized carbons (Fsp3) is 0.286. The Morgan fingerprint density at radius 1 is 1.50 bits per heavy atom. The molecule has 0 fully saturated rings. The molecule has 0 bridgehead atoms. The van der Waals surface area contributed by atoms with Gasteiger partial charge < -0.3 is 11.5 Å². The van der Waals surface area contributed by atoms with Gasteiger partial charge in [0.15, 0.2) is 6.29 Å². The SMILES string of the molecule is Cc1nc(N)c(C=O)c(CN)n1. The van der Waals surface area contributed by atoms with Gasteiger partial charge in [-0.1, -0.05) is 0 Å². The van der Waals surface area contributed by atoms with Crippen molar-refractivity contribution in [1.82, 2.24) is 9.97 Å². The average Bonchev–Trinajstić information content (AvgIpc) is 2.03. The number of aromatic nitrogens is 2. The molecule has 12 heavy (non-hydrogen) atoms. The first-order valence-electron chi connectivity index (χ1n) is 3.47. The third-order valence-electron chi connectivity index (χ3n) is 1.48. The van der Waals surface area contributed by atoms with Gasteiger partial charge in [-0.3, -0.25) is 4.79 Å². The van der Waals surface area contributed by atoms with Gasteiger partial charge in [0.25, 0.3) is 0 Å². The van der Waals surface area contributed by atoms with E-state index in [0.717, 1.165) is 0 Å². The van der Waals surface area contributed by atoms with E-state index in [4.69, 9.17) is 11.5 Å². The number of aryl methyl sites for hydroxylation is 1. The monoisotopic (exact) mass is 166 g/mol. The van der Waals surface area contributed by atoms with Gasteiger partial charge in [-0.25, -0.2) is 9.97 Å². The van der Waals surface area contributed by atoms with Crippen molar-refractivity contribution in [2.45, 2.75) is 13.5 Å². The zero-order chi connectivity index (χ0) is 9.14. The van der Waals surface area contributed by atoms with Crippen molar-refractivity contribution in [2.24, 2.45) is 5.73 Å². The molecule has 0 aliphatic carbocycles. The van der Waals surface area contributed by atoms with Crippen LogP contribution in [-0.2, 0) is 6.54 Å². The van der Waals surface area contributed by atoms with Crippen LogP contribution in [0.4, 0.5) is 5.82 Å². The summed E-state index contributed by atoms with van der Waals surface area (Å²) in [4.78, 5) is 18.3. The zero-order valence-corrected chi connectivity index (χ0v) is 6.74. The highest BCUT2D eigenvalue weighted by Crippen LogP contribution is 2.09. The summed E-state index contributed by atoms with van der Waals surface area (Å²) < 4.78 is 0. The van der Waals surface area contributed by atoms with Crippen LogP contribution in [0.15, 0.2) is 0 Å². The quantitative estimate of drug-likeness (QED) is 0.585. The Bertz CT molecular complexity index is 311. The third-order valence-corrected chi connectivity index (χ3v) is 1.48. The molecule has 0 amide bonds. The summed E-state index contributed by atoms with van der Waals surface area (Å²) in [6, 6.07) is 0. The Hall–Kier alpha value is -1.49. The molecular weight excluding hydrogens is 156 g/mol. The maximum Gasteiger partial charge on any atom is 0.155 e. The molecule has 0 saturated heterocycles. The fourth-order valence-electron chi connectivity index (χ4n) is 0.947. The highest BCUT2D eigenvalue weighted by atomic mass is 16.1. The number of rotatable bonds is 2. The zero-order valence-electron chi connectivity index (χ0n) is 6.74. The van der Waals surface area contributed by atoms with Crippen molar-refractivity contribution < 1.29 is 4.79 Å². The van der Waals surface area contributed by atoms with Gasteiger partial charge in [0, 0.05) is 6.54 Å². The topological polar surface area (TPSA) is 94.9 Å². The third kappa shape index (κ3) is 1.40. The molecule has 5 heteroatoms. The fourth-order valence-corrected chi connectivity index (χ4v) is 0.947. The lowest BCUT2D eigenvalue weighted by Crippen LogP contribution is -2.10. The number of hydrogen-bond acceptors (Lipinski definition) is 5. The molecule has 5 nitrogen and oxygen atoms in total. The molecule has 0 aliphatic rings. The van der Waals surface area contributed by atoms with E-state index in [1.165, 1.54) is 0 Å². The predicted molar refractivity (Wildman–Crippen MR) is 44.5 cm³/mol. The Kier molecular flexibility index (Phi) is 2.35. The van der Waals surface area contributed by atoms with Crippen LogP contribution in [0.25, 0.3) is 0 Å². The summed E-state index contributed by atoms with van der Waals surface area (Å²) >= 11 is 0. The van der Waals surface area contributed by atoms with E-state index in [-0.39, 0.29) is 12.4 Å². The molecule has 0 aliphatic heterocycles. The van der Waals surface area contributed by atoms with Gasteiger partial charge in [-0.05, 0) is 6.92 Å². The summed E-state index contributed by atoms with van der Waals surface area (Å²) in [6.45, 7) is 1.89. The van der Waals surface area contributed by atoms with E-state index in [2.05, 4.69) is 9.97 Å². The second-order valence-electron chi connectivity index (χ2n) is 2.34. The Balaban J connectivity index is 3.33. The number of nitrogens with zero attached hydrogens (tertiary/aromatic N) is 2. The van der Waals surface area contributed by atoms with E-state index in [9.17, 15) is 4.79 Å². The number of anilines is 1. The summed E-state index contributed by atoms with van der Waals surface area (Å²) in [6.07, 6.45) is 0.622. The van der Waals surface area contributed by atoms with Crippen molar-refractivity contribution in [1.29, 1.82) is 0 Å². The molecule has 0 radical (unpaired) electrons. The molecule has 1 aromatic rings. The van der Waals surface area contributed by atoms with E-state index in [1.807, 2.05) is 0 Å². The number of nitrogen functional groups attached to an aromatic ring is 1. The minimum absolute atomic E-state index is 0.193. The summed E-state index contributed by atoms with van der Waals surface area (Å²) in [5.74, 6) is 0.719. The molecule has 0 aromatic carbocycles. The minimum atomic E-state index is 0.193. The van der Waals surface area contributed by atoms with Crippen molar-refractivity contribution in [2.75, 3.05) is 5.73 Å². The largest absolute Gasteiger partial charge is 0.383 e. The lowest BCUT2D eigenvalue weighted by molar-refractivity contribution is 0.112. The van der Waals surface area contributed by atoms with Crippen molar-refractivity contribution in [3.63, 3.8) is 0 Å². The number of nitrogens with two attached hydrogens (primary N) is 2. The number of carbonyl (C=O) groups is 1. The summed E-state index contributed by atoms with van der Waals surface area (Å²) in [7, 11) is 0. The first-order valence-corrected chi connectivity index (χ1v) is 3.47. The predicted octanol–water partition coefficient (Wildman–Crippen LogP) is -0.362. The van der Waals surface area contributed by atoms with Gasteiger partial charge in [0.1, 0.15) is 11.6 Å². The molecule has 0 atom stereocenters. The lowest BCUT2D eigenvalue weighted by atomic mass is 10.2. The molecule has 0 unspecified atom stereocenters. The van der Waals surface area contributed by atoms with Crippen LogP contribution < -0.4 is 11.5 Å². The van der Waals surface area contributed by atoms with Gasteiger partial charge in [-0.2, -0.15) is 0 Å². The molecule has 1 heterocycles. The van der Waals surface area contributed by atoms with Crippen LogP contribution >= 0.6 is 0 Å². The van der Waals surface area contributed by atoms with Gasteiger partial charge in [0.05, 0.1) is 11.3 Å². The van der Waals surface area contributed by atoms with E-state index < -0.39 is 0 Å².